The number of aromatic nitrogens is 1. The predicted molar refractivity (Wildman–Crippen MR) is 135 cm³/mol. The Balaban J connectivity index is 1.27. The van der Waals surface area contributed by atoms with Gasteiger partial charge in [0, 0.05) is 23.4 Å². The predicted octanol–water partition coefficient (Wildman–Crippen LogP) is 4.34. The molecular weight excluding hydrogens is 494 g/mol. The van der Waals surface area contributed by atoms with Gasteiger partial charge in [-0.05, 0) is 46.5 Å². The van der Waals surface area contributed by atoms with Crippen molar-refractivity contribution in [3.05, 3.63) is 107 Å². The molecule has 1 aliphatic heterocycles. The molecule has 9 heteroatoms. The van der Waals surface area contributed by atoms with Gasteiger partial charge >= 0.3 is 0 Å². The normalized spacial score (nSPS) is 23.8. The number of hydrogen-bond donors (Lipinski definition) is 1. The van der Waals surface area contributed by atoms with Crippen molar-refractivity contribution in [1.82, 2.24) is 4.98 Å². The number of thiazole rings is 1. The third-order valence-corrected chi connectivity index (χ3v) is 9.68. The largest absolute Gasteiger partial charge is 0.274 e. The Morgan fingerprint density at radius 2 is 1.25 bits per heavy atom. The van der Waals surface area contributed by atoms with Crippen LogP contribution in [-0.4, -0.2) is 25.2 Å². The van der Waals surface area contributed by atoms with Gasteiger partial charge in [-0.1, -0.05) is 48.5 Å². The van der Waals surface area contributed by atoms with E-state index in [-0.39, 0.29) is 33.7 Å². The number of nitrogens with zero attached hydrogens (tertiary/aromatic N) is 2. The Morgan fingerprint density at radius 1 is 0.750 bits per heavy atom. The van der Waals surface area contributed by atoms with E-state index in [1.165, 1.54) is 46.7 Å². The van der Waals surface area contributed by atoms with E-state index in [4.69, 9.17) is 0 Å². The molecule has 2 atom stereocenters. The molecular formula is C27H19N3O4S2. The van der Waals surface area contributed by atoms with Gasteiger partial charge < -0.3 is 0 Å². The van der Waals surface area contributed by atoms with Gasteiger partial charge in [-0.25, -0.2) is 18.3 Å². The smallest absolute Gasteiger partial charge is 0.263 e. The average Bonchev–Trinajstić information content (AvgIpc) is 3.49. The molecule has 0 unspecified atom stereocenters. The highest BCUT2D eigenvalue weighted by atomic mass is 32.2. The van der Waals surface area contributed by atoms with Gasteiger partial charge in [-0.3, -0.25) is 14.3 Å². The van der Waals surface area contributed by atoms with Crippen molar-refractivity contribution in [2.24, 2.45) is 11.8 Å². The molecule has 0 radical (unpaired) electrons. The maximum Gasteiger partial charge on any atom is 0.263 e. The first-order valence-corrected chi connectivity index (χ1v) is 13.9. The number of benzene rings is 3. The summed E-state index contributed by atoms with van der Waals surface area (Å²) in [4.78, 5) is 32.9. The van der Waals surface area contributed by atoms with Crippen LogP contribution in [0, 0.1) is 11.8 Å². The summed E-state index contributed by atoms with van der Waals surface area (Å²) in [6.07, 6.45) is 1.51. The van der Waals surface area contributed by atoms with Crippen LogP contribution in [0.25, 0.3) is 0 Å². The fraction of sp³-hybridized carbons (Fsp3) is 0.148. The molecule has 2 bridgehead atoms. The number of nitrogens with one attached hydrogen (secondary N) is 1. The van der Waals surface area contributed by atoms with Crippen molar-refractivity contribution in [2.75, 3.05) is 9.62 Å². The Hall–Kier alpha value is -3.82. The van der Waals surface area contributed by atoms with Gasteiger partial charge in [0.1, 0.15) is 0 Å². The van der Waals surface area contributed by atoms with Gasteiger partial charge in [0.2, 0.25) is 11.8 Å². The van der Waals surface area contributed by atoms with Gasteiger partial charge in [-0.15, -0.1) is 11.3 Å². The van der Waals surface area contributed by atoms with Crippen molar-refractivity contribution < 1.29 is 18.0 Å². The minimum Gasteiger partial charge on any atom is -0.274 e. The van der Waals surface area contributed by atoms with Crippen LogP contribution in [0.3, 0.4) is 0 Å². The summed E-state index contributed by atoms with van der Waals surface area (Å²) >= 11 is 1.18. The lowest BCUT2D eigenvalue weighted by molar-refractivity contribution is -0.122. The van der Waals surface area contributed by atoms with E-state index in [0.29, 0.717) is 5.69 Å². The lowest BCUT2D eigenvalue weighted by Gasteiger charge is -2.45. The molecule has 0 spiro atoms. The molecule has 1 N–H and O–H groups in total. The van der Waals surface area contributed by atoms with Crippen molar-refractivity contribution in [2.45, 2.75) is 16.7 Å². The summed E-state index contributed by atoms with van der Waals surface area (Å²) < 4.78 is 27.9. The first kappa shape index (κ1) is 21.5. The molecule has 7 nitrogen and oxygen atoms in total. The number of carbonyl (C=O) groups is 2. The van der Waals surface area contributed by atoms with Crippen molar-refractivity contribution >= 4 is 44.0 Å². The lowest BCUT2D eigenvalue weighted by Crippen LogP contribution is -2.41. The van der Waals surface area contributed by atoms with E-state index in [9.17, 15) is 18.0 Å². The van der Waals surface area contributed by atoms with Crippen molar-refractivity contribution in [3.8, 4) is 0 Å². The van der Waals surface area contributed by atoms with Crippen molar-refractivity contribution in [3.63, 3.8) is 0 Å². The van der Waals surface area contributed by atoms with Gasteiger partial charge in [0.15, 0.2) is 5.13 Å². The van der Waals surface area contributed by atoms with Crippen LogP contribution >= 0.6 is 11.3 Å². The van der Waals surface area contributed by atoms with Gasteiger partial charge in [-0.2, -0.15) is 0 Å². The first-order chi connectivity index (χ1) is 17.5. The Bertz CT molecular complexity index is 1530. The molecule has 1 aromatic heterocycles. The Labute approximate surface area is 211 Å². The summed E-state index contributed by atoms with van der Waals surface area (Å²) in [5, 5.41) is 1.94. The van der Waals surface area contributed by atoms with Crippen LogP contribution in [0.15, 0.2) is 89.3 Å². The third-order valence-electron chi connectivity index (χ3n) is 7.51. The quantitative estimate of drug-likeness (QED) is 0.410. The van der Waals surface area contributed by atoms with E-state index in [0.717, 1.165) is 22.3 Å². The molecule has 3 aliphatic carbocycles. The molecule has 36 heavy (non-hydrogen) atoms. The number of rotatable bonds is 4. The second-order valence-electron chi connectivity index (χ2n) is 9.21. The minimum absolute atomic E-state index is 0.0258. The lowest BCUT2D eigenvalue weighted by atomic mass is 9.55. The SMILES string of the molecule is O=C1[C@@H]2C3c4ccccc4C(c4ccccc43)[C@H]2C(=O)N1c1ccc(S(=O)(=O)Nc2nccs2)cc1. The zero-order chi connectivity index (χ0) is 24.6. The van der Waals surface area contributed by atoms with Crippen LogP contribution in [0.4, 0.5) is 10.8 Å². The number of hydrogen-bond acceptors (Lipinski definition) is 6. The van der Waals surface area contributed by atoms with Crippen LogP contribution in [0.2, 0.25) is 0 Å². The number of amides is 2. The average molecular weight is 514 g/mol. The maximum absolute atomic E-state index is 13.8. The van der Waals surface area contributed by atoms with E-state index in [2.05, 4.69) is 34.0 Å². The summed E-state index contributed by atoms with van der Waals surface area (Å²) in [6, 6.07) is 22.0. The van der Waals surface area contributed by atoms with Crippen LogP contribution in [0.1, 0.15) is 34.1 Å². The zero-order valence-electron chi connectivity index (χ0n) is 18.7. The molecule has 4 aliphatic rings. The second-order valence-corrected chi connectivity index (χ2v) is 11.8. The Kier molecular flexibility index (Phi) is 4.52. The van der Waals surface area contributed by atoms with Crippen molar-refractivity contribution in [1.29, 1.82) is 0 Å². The van der Waals surface area contributed by atoms with Crippen LogP contribution < -0.4 is 9.62 Å². The van der Waals surface area contributed by atoms with E-state index in [1.807, 2.05) is 24.3 Å². The highest BCUT2D eigenvalue weighted by Crippen LogP contribution is 2.61. The van der Waals surface area contributed by atoms with Crippen LogP contribution in [0.5, 0.6) is 0 Å². The standard InChI is InChI=1S/C27H19N3O4S2/c31-25-23-21-17-5-1-2-6-18(17)22(20-8-4-3-7-19(20)21)24(23)26(32)30(25)15-9-11-16(12-10-15)36(33,34)29-27-28-13-14-35-27/h1-14,21-24H,(H,28,29)/t21?,22?,23-,24-/m1/s1. The summed E-state index contributed by atoms with van der Waals surface area (Å²) in [7, 11) is -3.84. The number of sulfonamides is 1. The fourth-order valence-corrected chi connectivity index (χ4v) is 7.94. The van der Waals surface area contributed by atoms with Gasteiger partial charge in [0.25, 0.3) is 10.0 Å². The Morgan fingerprint density at radius 3 is 1.69 bits per heavy atom. The summed E-state index contributed by atoms with van der Waals surface area (Å²) in [5.41, 5.74) is 4.82. The summed E-state index contributed by atoms with van der Waals surface area (Å²) in [5.74, 6) is -1.81. The number of anilines is 2. The third kappa shape index (κ3) is 2.90. The maximum atomic E-state index is 13.8. The first-order valence-electron chi connectivity index (χ1n) is 11.5. The second kappa shape index (κ2) is 7.59. The topological polar surface area (TPSA) is 96.4 Å². The molecule has 2 heterocycles. The van der Waals surface area contributed by atoms with E-state index in [1.54, 1.807) is 5.38 Å². The molecule has 1 fully saturated rings. The number of carbonyl (C=O) groups excluding carboxylic acids is 2. The molecule has 4 aromatic rings. The molecule has 2 amide bonds. The van der Waals surface area contributed by atoms with E-state index < -0.39 is 21.9 Å². The highest BCUT2D eigenvalue weighted by Gasteiger charge is 2.61. The fourth-order valence-electron chi connectivity index (χ4n) is 6.15. The molecule has 3 aromatic carbocycles. The molecule has 0 saturated carbocycles. The zero-order valence-corrected chi connectivity index (χ0v) is 20.4. The summed E-state index contributed by atoms with van der Waals surface area (Å²) in [6.45, 7) is 0. The molecule has 178 valence electrons. The van der Waals surface area contributed by atoms with Crippen LogP contribution in [-0.2, 0) is 19.6 Å². The van der Waals surface area contributed by atoms with Gasteiger partial charge in [0.05, 0.1) is 22.4 Å². The monoisotopic (exact) mass is 513 g/mol. The molecule has 8 rings (SSSR count). The number of imide groups is 1. The highest BCUT2D eigenvalue weighted by molar-refractivity contribution is 7.93. The minimum atomic E-state index is -3.84. The molecule has 1 saturated heterocycles. The van der Waals surface area contributed by atoms with E-state index >= 15 is 0 Å².